The molecule has 0 amide bonds. The summed E-state index contributed by atoms with van der Waals surface area (Å²) in [6.07, 6.45) is 1.75. The van der Waals surface area contributed by atoms with Gasteiger partial charge in [0.1, 0.15) is 0 Å². The lowest BCUT2D eigenvalue weighted by Crippen LogP contribution is -1.90. The largest absolute Gasteiger partial charge is 0.278 e. The summed E-state index contributed by atoms with van der Waals surface area (Å²) in [6.45, 7) is 0. The fraction of sp³-hybridized carbons (Fsp3) is 0. The smallest absolute Gasteiger partial charge is 0.0731 e. The van der Waals surface area contributed by atoms with Gasteiger partial charge in [-0.1, -0.05) is 48.0 Å². The van der Waals surface area contributed by atoms with E-state index in [4.69, 9.17) is 16.6 Å². The normalized spacial score (nSPS) is 11.0. The molecular formula is C18H12ClN3. The van der Waals surface area contributed by atoms with Crippen LogP contribution in [-0.4, -0.2) is 15.2 Å². The minimum Gasteiger partial charge on any atom is -0.278 e. The first kappa shape index (κ1) is 13.0. The molecule has 22 heavy (non-hydrogen) atoms. The van der Waals surface area contributed by atoms with Crippen LogP contribution in [-0.2, 0) is 0 Å². The summed E-state index contributed by atoms with van der Waals surface area (Å²) in [5, 5.41) is 8.81. The van der Waals surface area contributed by atoms with E-state index in [0.717, 1.165) is 33.4 Å². The molecule has 2 aromatic heterocycles. The van der Waals surface area contributed by atoms with Gasteiger partial charge in [-0.05, 0) is 24.3 Å². The zero-order valence-corrected chi connectivity index (χ0v) is 12.4. The molecule has 0 spiro atoms. The van der Waals surface area contributed by atoms with Crippen molar-refractivity contribution in [1.82, 2.24) is 15.2 Å². The summed E-state index contributed by atoms with van der Waals surface area (Å²) >= 11 is 6.13. The van der Waals surface area contributed by atoms with Gasteiger partial charge in [-0.3, -0.25) is 5.10 Å². The van der Waals surface area contributed by atoms with E-state index >= 15 is 0 Å². The van der Waals surface area contributed by atoms with Crippen LogP contribution in [0.25, 0.3) is 33.4 Å². The number of aromatic amines is 1. The average molecular weight is 306 g/mol. The Balaban J connectivity index is 2.04. The fourth-order valence-electron chi connectivity index (χ4n) is 2.59. The summed E-state index contributed by atoms with van der Waals surface area (Å²) in [4.78, 5) is 4.76. The highest BCUT2D eigenvalue weighted by Crippen LogP contribution is 2.32. The molecule has 1 N–H and O–H groups in total. The summed E-state index contributed by atoms with van der Waals surface area (Å²) < 4.78 is 0. The van der Waals surface area contributed by atoms with Crippen LogP contribution in [0.3, 0.4) is 0 Å². The second-order valence-electron chi connectivity index (χ2n) is 5.05. The van der Waals surface area contributed by atoms with Gasteiger partial charge in [0.2, 0.25) is 0 Å². The molecule has 0 aliphatic carbocycles. The van der Waals surface area contributed by atoms with Gasteiger partial charge in [-0.2, -0.15) is 5.10 Å². The van der Waals surface area contributed by atoms with Crippen molar-refractivity contribution in [2.24, 2.45) is 0 Å². The van der Waals surface area contributed by atoms with Crippen molar-refractivity contribution in [3.63, 3.8) is 0 Å². The standard InChI is InChI=1S/C18H12ClN3/c19-13-6-7-14-15(16-8-9-20-22-16)11-17(21-18(14)10-13)12-4-2-1-3-5-12/h1-11H,(H,20,22). The Hall–Kier alpha value is -2.65. The number of H-pyrrole nitrogens is 1. The van der Waals surface area contributed by atoms with E-state index in [2.05, 4.69) is 28.4 Å². The number of nitrogens with one attached hydrogen (secondary N) is 1. The molecule has 106 valence electrons. The lowest BCUT2D eigenvalue weighted by Gasteiger charge is -2.09. The molecule has 0 saturated carbocycles. The zero-order valence-electron chi connectivity index (χ0n) is 11.6. The number of hydrogen-bond acceptors (Lipinski definition) is 2. The van der Waals surface area contributed by atoms with Crippen molar-refractivity contribution in [1.29, 1.82) is 0 Å². The molecule has 0 radical (unpaired) electrons. The lowest BCUT2D eigenvalue weighted by atomic mass is 10.0. The monoisotopic (exact) mass is 305 g/mol. The molecule has 0 aliphatic rings. The Kier molecular flexibility index (Phi) is 3.13. The van der Waals surface area contributed by atoms with Gasteiger partial charge in [0.05, 0.1) is 16.9 Å². The number of benzene rings is 2. The molecule has 0 unspecified atom stereocenters. The van der Waals surface area contributed by atoms with Crippen LogP contribution >= 0.6 is 11.6 Å². The first-order valence-corrected chi connectivity index (χ1v) is 7.34. The zero-order chi connectivity index (χ0) is 14.9. The highest BCUT2D eigenvalue weighted by Gasteiger charge is 2.10. The number of halogens is 1. The molecule has 2 aromatic carbocycles. The maximum absolute atomic E-state index is 6.13. The molecule has 4 aromatic rings. The van der Waals surface area contributed by atoms with E-state index in [1.807, 2.05) is 42.5 Å². The fourth-order valence-corrected chi connectivity index (χ4v) is 2.75. The van der Waals surface area contributed by atoms with Gasteiger partial charge in [-0.15, -0.1) is 0 Å². The second kappa shape index (κ2) is 5.28. The van der Waals surface area contributed by atoms with E-state index in [0.29, 0.717) is 5.02 Å². The van der Waals surface area contributed by atoms with E-state index in [-0.39, 0.29) is 0 Å². The minimum absolute atomic E-state index is 0.681. The lowest BCUT2D eigenvalue weighted by molar-refractivity contribution is 1.10. The molecule has 4 rings (SSSR count). The topological polar surface area (TPSA) is 41.6 Å². The van der Waals surface area contributed by atoms with Gasteiger partial charge in [0.15, 0.2) is 0 Å². The molecule has 0 aliphatic heterocycles. The van der Waals surface area contributed by atoms with E-state index < -0.39 is 0 Å². The quantitative estimate of drug-likeness (QED) is 0.569. The third-order valence-electron chi connectivity index (χ3n) is 3.63. The summed E-state index contributed by atoms with van der Waals surface area (Å²) in [7, 11) is 0. The first-order chi connectivity index (χ1) is 10.8. The van der Waals surface area contributed by atoms with Crippen LogP contribution in [0.2, 0.25) is 5.02 Å². The minimum atomic E-state index is 0.681. The van der Waals surface area contributed by atoms with Crippen molar-refractivity contribution in [3.05, 3.63) is 71.9 Å². The predicted molar refractivity (Wildman–Crippen MR) is 89.8 cm³/mol. The number of pyridine rings is 1. The van der Waals surface area contributed by atoms with Gasteiger partial charge < -0.3 is 0 Å². The van der Waals surface area contributed by atoms with Crippen molar-refractivity contribution < 1.29 is 0 Å². The van der Waals surface area contributed by atoms with E-state index in [1.54, 1.807) is 6.20 Å². The van der Waals surface area contributed by atoms with Crippen molar-refractivity contribution >= 4 is 22.5 Å². The molecule has 0 saturated heterocycles. The third-order valence-corrected chi connectivity index (χ3v) is 3.87. The average Bonchev–Trinajstić information content (AvgIpc) is 3.08. The second-order valence-corrected chi connectivity index (χ2v) is 5.49. The van der Waals surface area contributed by atoms with Crippen molar-refractivity contribution in [2.75, 3.05) is 0 Å². The van der Waals surface area contributed by atoms with Crippen LogP contribution in [0.4, 0.5) is 0 Å². The summed E-state index contributed by atoms with van der Waals surface area (Å²) in [5.74, 6) is 0. The van der Waals surface area contributed by atoms with E-state index in [9.17, 15) is 0 Å². The SMILES string of the molecule is Clc1ccc2c(-c3ccn[nH]3)cc(-c3ccccc3)nc2c1. The van der Waals surface area contributed by atoms with Gasteiger partial charge in [-0.25, -0.2) is 4.98 Å². The molecule has 3 nitrogen and oxygen atoms in total. The molecule has 4 heteroatoms. The van der Waals surface area contributed by atoms with Crippen LogP contribution in [0.5, 0.6) is 0 Å². The number of hydrogen-bond donors (Lipinski definition) is 1. The number of aromatic nitrogens is 3. The van der Waals surface area contributed by atoms with Crippen molar-refractivity contribution in [3.8, 4) is 22.5 Å². The molecule has 2 heterocycles. The number of rotatable bonds is 2. The number of fused-ring (bicyclic) bond motifs is 1. The number of nitrogens with zero attached hydrogens (tertiary/aromatic N) is 2. The van der Waals surface area contributed by atoms with Gasteiger partial charge in [0, 0.05) is 27.7 Å². The third kappa shape index (κ3) is 2.26. The van der Waals surface area contributed by atoms with Crippen LogP contribution in [0.1, 0.15) is 0 Å². The maximum Gasteiger partial charge on any atom is 0.0731 e. The Morgan fingerprint density at radius 1 is 0.909 bits per heavy atom. The Bertz CT molecular complexity index is 931. The van der Waals surface area contributed by atoms with Crippen LogP contribution in [0.15, 0.2) is 66.9 Å². The first-order valence-electron chi connectivity index (χ1n) is 6.97. The van der Waals surface area contributed by atoms with Crippen molar-refractivity contribution in [2.45, 2.75) is 0 Å². The molecule has 0 fully saturated rings. The van der Waals surface area contributed by atoms with Gasteiger partial charge in [0.25, 0.3) is 0 Å². The van der Waals surface area contributed by atoms with Gasteiger partial charge >= 0.3 is 0 Å². The van der Waals surface area contributed by atoms with Crippen LogP contribution in [0, 0.1) is 0 Å². The Labute approximate surface area is 132 Å². The van der Waals surface area contributed by atoms with Crippen LogP contribution < -0.4 is 0 Å². The summed E-state index contributed by atoms with van der Waals surface area (Å²) in [6, 6.07) is 19.9. The molecule has 0 atom stereocenters. The predicted octanol–water partition coefficient (Wildman–Crippen LogP) is 4.95. The molecule has 0 bridgehead atoms. The Morgan fingerprint density at radius 3 is 2.55 bits per heavy atom. The highest BCUT2D eigenvalue weighted by molar-refractivity contribution is 6.31. The molecular weight excluding hydrogens is 294 g/mol. The highest BCUT2D eigenvalue weighted by atomic mass is 35.5. The summed E-state index contributed by atoms with van der Waals surface area (Å²) in [5.41, 5.74) is 4.90. The van der Waals surface area contributed by atoms with E-state index in [1.165, 1.54) is 0 Å². The maximum atomic E-state index is 6.13. The Morgan fingerprint density at radius 2 is 1.77 bits per heavy atom.